The zero-order valence-electron chi connectivity index (χ0n) is 11.8. The van der Waals surface area contributed by atoms with Gasteiger partial charge in [-0.2, -0.15) is 0 Å². The molecule has 0 amide bonds. The molecule has 0 saturated heterocycles. The predicted octanol–water partition coefficient (Wildman–Crippen LogP) is 3.33. The first-order chi connectivity index (χ1) is 9.58. The molecule has 2 rings (SSSR count). The van der Waals surface area contributed by atoms with Gasteiger partial charge < -0.3 is 0 Å². The van der Waals surface area contributed by atoms with Crippen molar-refractivity contribution in [2.24, 2.45) is 0 Å². The summed E-state index contributed by atoms with van der Waals surface area (Å²) in [7, 11) is -3.37. The predicted molar refractivity (Wildman–Crippen MR) is 82.1 cm³/mol. The molecule has 4 heteroatoms. The molecule has 0 radical (unpaired) electrons. The van der Waals surface area contributed by atoms with Crippen LogP contribution in [0.3, 0.4) is 0 Å². The molecule has 0 bridgehead atoms. The van der Waals surface area contributed by atoms with Crippen molar-refractivity contribution < 1.29 is 8.42 Å². The van der Waals surface area contributed by atoms with Crippen LogP contribution in [0.15, 0.2) is 53.0 Å². The van der Waals surface area contributed by atoms with Gasteiger partial charge in [-0.3, -0.25) is 0 Å². The third-order valence-electron chi connectivity index (χ3n) is 3.34. The van der Waals surface area contributed by atoms with Crippen molar-refractivity contribution in [3.05, 3.63) is 53.6 Å². The summed E-state index contributed by atoms with van der Waals surface area (Å²) in [6.45, 7) is 2.41. The van der Waals surface area contributed by atoms with E-state index in [4.69, 9.17) is 0 Å². The Morgan fingerprint density at radius 3 is 2.55 bits per heavy atom. The van der Waals surface area contributed by atoms with E-state index >= 15 is 0 Å². The van der Waals surface area contributed by atoms with Crippen LogP contribution in [0.25, 0.3) is 0 Å². The summed E-state index contributed by atoms with van der Waals surface area (Å²) in [6.07, 6.45) is 10.5. The fourth-order valence-electron chi connectivity index (χ4n) is 2.15. The van der Waals surface area contributed by atoms with E-state index in [1.165, 1.54) is 5.57 Å². The van der Waals surface area contributed by atoms with Crippen LogP contribution in [0.4, 0.5) is 0 Å². The van der Waals surface area contributed by atoms with E-state index in [-0.39, 0.29) is 0 Å². The molecule has 0 spiro atoms. The zero-order valence-corrected chi connectivity index (χ0v) is 12.6. The molecule has 1 aliphatic carbocycles. The molecule has 1 aromatic rings. The standard InChI is InChI=1S/C16H21NO2S/c1-14-9-11-16(12-10-14)20(18,19)17-13-5-8-15-6-3-2-4-7-15/h3,6-7,9-12,17H,2,4-5,8,13H2,1H3. The topological polar surface area (TPSA) is 46.2 Å². The average Bonchev–Trinajstić information content (AvgIpc) is 2.45. The van der Waals surface area contributed by atoms with Crippen LogP contribution < -0.4 is 4.72 Å². The second-order valence-corrected chi connectivity index (χ2v) is 6.84. The minimum atomic E-state index is -3.37. The van der Waals surface area contributed by atoms with Crippen LogP contribution in [0.1, 0.15) is 31.2 Å². The van der Waals surface area contributed by atoms with Gasteiger partial charge in [-0.25, -0.2) is 13.1 Å². The van der Waals surface area contributed by atoms with Crippen molar-refractivity contribution in [3.8, 4) is 0 Å². The van der Waals surface area contributed by atoms with Gasteiger partial charge in [0.15, 0.2) is 0 Å². The number of benzene rings is 1. The summed E-state index contributed by atoms with van der Waals surface area (Å²) in [5.74, 6) is 0. The Labute approximate surface area is 121 Å². The minimum absolute atomic E-state index is 0.333. The highest BCUT2D eigenvalue weighted by molar-refractivity contribution is 7.89. The Balaban J connectivity index is 1.82. The lowest BCUT2D eigenvalue weighted by Gasteiger charge is -2.09. The van der Waals surface area contributed by atoms with Crippen molar-refractivity contribution >= 4 is 10.0 Å². The summed E-state index contributed by atoms with van der Waals surface area (Å²) < 4.78 is 26.8. The number of hydrogen-bond donors (Lipinski definition) is 1. The van der Waals surface area contributed by atoms with Crippen molar-refractivity contribution in [2.75, 3.05) is 6.54 Å². The Morgan fingerprint density at radius 1 is 1.15 bits per heavy atom. The largest absolute Gasteiger partial charge is 0.240 e. The quantitative estimate of drug-likeness (QED) is 0.817. The molecule has 1 N–H and O–H groups in total. The van der Waals surface area contributed by atoms with Gasteiger partial charge in [0.1, 0.15) is 0 Å². The highest BCUT2D eigenvalue weighted by atomic mass is 32.2. The van der Waals surface area contributed by atoms with Gasteiger partial charge in [0.2, 0.25) is 10.0 Å². The molecule has 0 fully saturated rings. The fourth-order valence-corrected chi connectivity index (χ4v) is 3.23. The third kappa shape index (κ3) is 4.32. The summed E-state index contributed by atoms with van der Waals surface area (Å²) in [6, 6.07) is 6.91. The molecule has 1 aliphatic rings. The van der Waals surface area contributed by atoms with Crippen LogP contribution in [-0.4, -0.2) is 15.0 Å². The van der Waals surface area contributed by atoms with Crippen molar-refractivity contribution in [3.63, 3.8) is 0 Å². The Kier molecular flexibility index (Phi) is 5.15. The molecule has 0 aromatic heterocycles. The molecule has 0 heterocycles. The van der Waals surface area contributed by atoms with E-state index in [1.807, 2.05) is 19.1 Å². The summed E-state index contributed by atoms with van der Waals surface area (Å²) in [5, 5.41) is 0. The molecule has 20 heavy (non-hydrogen) atoms. The number of nitrogens with one attached hydrogen (secondary N) is 1. The molecular formula is C16H21NO2S. The first-order valence-electron chi connectivity index (χ1n) is 7.00. The van der Waals surface area contributed by atoms with Crippen LogP contribution in [0.2, 0.25) is 0 Å². The highest BCUT2D eigenvalue weighted by Crippen LogP contribution is 2.15. The van der Waals surface area contributed by atoms with E-state index in [2.05, 4.69) is 23.0 Å². The van der Waals surface area contributed by atoms with Crippen LogP contribution in [0.5, 0.6) is 0 Å². The van der Waals surface area contributed by atoms with E-state index in [1.54, 1.807) is 12.1 Å². The maximum Gasteiger partial charge on any atom is 0.240 e. The van der Waals surface area contributed by atoms with Crippen molar-refractivity contribution in [1.29, 1.82) is 0 Å². The average molecular weight is 291 g/mol. The lowest BCUT2D eigenvalue weighted by Crippen LogP contribution is -2.24. The number of rotatable bonds is 6. The van der Waals surface area contributed by atoms with Crippen LogP contribution in [-0.2, 0) is 10.0 Å². The molecule has 1 aromatic carbocycles. The fraction of sp³-hybridized carbons (Fsp3) is 0.375. The van der Waals surface area contributed by atoms with Gasteiger partial charge in [0.05, 0.1) is 4.90 Å². The monoisotopic (exact) mass is 291 g/mol. The Hall–Kier alpha value is -1.39. The van der Waals surface area contributed by atoms with E-state index in [0.717, 1.165) is 31.2 Å². The number of allylic oxidation sites excluding steroid dienone is 4. The summed E-state index contributed by atoms with van der Waals surface area (Å²) >= 11 is 0. The highest BCUT2D eigenvalue weighted by Gasteiger charge is 2.12. The van der Waals surface area contributed by atoms with Crippen molar-refractivity contribution in [2.45, 2.75) is 37.5 Å². The minimum Gasteiger partial charge on any atom is -0.211 e. The van der Waals surface area contributed by atoms with Gasteiger partial charge in [0.25, 0.3) is 0 Å². The first-order valence-corrected chi connectivity index (χ1v) is 8.48. The van der Waals surface area contributed by atoms with Crippen LogP contribution in [0, 0.1) is 6.92 Å². The molecule has 3 nitrogen and oxygen atoms in total. The third-order valence-corrected chi connectivity index (χ3v) is 4.81. The van der Waals surface area contributed by atoms with E-state index < -0.39 is 10.0 Å². The molecule has 108 valence electrons. The number of hydrogen-bond acceptors (Lipinski definition) is 2. The SMILES string of the molecule is Cc1ccc(S(=O)(=O)NCCCC2=CCCC=C2)cc1. The number of aryl methyl sites for hydroxylation is 1. The molecular weight excluding hydrogens is 270 g/mol. The number of sulfonamides is 1. The molecule has 0 unspecified atom stereocenters. The summed E-state index contributed by atoms with van der Waals surface area (Å²) in [5.41, 5.74) is 2.37. The second kappa shape index (κ2) is 6.86. The Bertz CT molecular complexity index is 598. The summed E-state index contributed by atoms with van der Waals surface area (Å²) in [4.78, 5) is 0.333. The van der Waals surface area contributed by atoms with Gasteiger partial charge in [-0.05, 0) is 44.7 Å². The van der Waals surface area contributed by atoms with E-state index in [9.17, 15) is 8.42 Å². The maximum atomic E-state index is 12.1. The van der Waals surface area contributed by atoms with Gasteiger partial charge in [0, 0.05) is 6.54 Å². The van der Waals surface area contributed by atoms with Gasteiger partial charge >= 0.3 is 0 Å². The van der Waals surface area contributed by atoms with Crippen LogP contribution >= 0.6 is 0 Å². The molecule has 0 aliphatic heterocycles. The second-order valence-electron chi connectivity index (χ2n) is 5.07. The van der Waals surface area contributed by atoms with Crippen molar-refractivity contribution in [1.82, 2.24) is 4.72 Å². The Morgan fingerprint density at radius 2 is 1.90 bits per heavy atom. The maximum absolute atomic E-state index is 12.1. The lowest BCUT2D eigenvalue weighted by atomic mass is 10.0. The first kappa shape index (κ1) is 15.0. The smallest absolute Gasteiger partial charge is 0.211 e. The normalized spacial score (nSPS) is 15.2. The molecule has 0 saturated carbocycles. The lowest BCUT2D eigenvalue weighted by molar-refractivity contribution is 0.579. The van der Waals surface area contributed by atoms with Gasteiger partial charge in [-0.1, -0.05) is 41.5 Å². The zero-order chi connectivity index (χ0) is 14.4. The molecule has 0 atom stereocenters. The van der Waals surface area contributed by atoms with Gasteiger partial charge in [-0.15, -0.1) is 0 Å². The van der Waals surface area contributed by atoms with E-state index in [0.29, 0.717) is 11.4 Å².